The van der Waals surface area contributed by atoms with E-state index in [1.165, 1.54) is 6.07 Å². The van der Waals surface area contributed by atoms with Crippen LogP contribution in [0.3, 0.4) is 0 Å². The van der Waals surface area contributed by atoms with Crippen molar-refractivity contribution < 1.29 is 4.39 Å². The Labute approximate surface area is 94.9 Å². The summed E-state index contributed by atoms with van der Waals surface area (Å²) < 4.78 is 13.3. The van der Waals surface area contributed by atoms with Crippen LogP contribution in [0.5, 0.6) is 0 Å². The van der Waals surface area contributed by atoms with E-state index in [0.717, 1.165) is 17.8 Å². The molecule has 0 aliphatic carbocycles. The zero-order valence-electron chi connectivity index (χ0n) is 8.91. The van der Waals surface area contributed by atoms with Gasteiger partial charge in [0.15, 0.2) is 0 Å². The fraction of sp³-hybridized carbons (Fsp3) is 0.143. The summed E-state index contributed by atoms with van der Waals surface area (Å²) in [5, 5.41) is 3.23. The third-order valence-corrected chi connectivity index (χ3v) is 2.40. The van der Waals surface area contributed by atoms with Gasteiger partial charge in [-0.05, 0) is 36.2 Å². The SMILES string of the molecule is Fc1ccccc1CCNc1cc[c]cc1. The van der Waals surface area contributed by atoms with Gasteiger partial charge in [0, 0.05) is 12.2 Å². The molecule has 0 saturated heterocycles. The number of hydrogen-bond donors (Lipinski definition) is 1. The van der Waals surface area contributed by atoms with Crippen LogP contribution in [0.25, 0.3) is 0 Å². The Kier molecular flexibility index (Phi) is 3.54. The maximum Gasteiger partial charge on any atom is 0.126 e. The van der Waals surface area contributed by atoms with Gasteiger partial charge in [-0.25, -0.2) is 4.39 Å². The van der Waals surface area contributed by atoms with Crippen LogP contribution in [0.1, 0.15) is 5.56 Å². The minimum absolute atomic E-state index is 0.134. The molecule has 0 heterocycles. The molecule has 16 heavy (non-hydrogen) atoms. The Bertz CT molecular complexity index is 439. The topological polar surface area (TPSA) is 12.0 Å². The molecule has 0 aliphatic rings. The molecule has 0 amide bonds. The average Bonchev–Trinajstić information content (AvgIpc) is 2.33. The van der Waals surface area contributed by atoms with Crippen LogP contribution in [-0.2, 0) is 6.42 Å². The Hall–Kier alpha value is -1.83. The first-order chi connectivity index (χ1) is 7.86. The van der Waals surface area contributed by atoms with E-state index < -0.39 is 0 Å². The molecule has 0 unspecified atom stereocenters. The van der Waals surface area contributed by atoms with Crippen molar-refractivity contribution in [1.29, 1.82) is 0 Å². The van der Waals surface area contributed by atoms with Gasteiger partial charge >= 0.3 is 0 Å². The second-order valence-corrected chi connectivity index (χ2v) is 3.56. The van der Waals surface area contributed by atoms with Gasteiger partial charge in [0.2, 0.25) is 0 Å². The summed E-state index contributed by atoms with van der Waals surface area (Å²) in [5.41, 5.74) is 1.78. The van der Waals surface area contributed by atoms with Crippen molar-refractivity contribution in [3.63, 3.8) is 0 Å². The number of anilines is 1. The predicted octanol–water partition coefficient (Wildman–Crippen LogP) is 3.28. The molecule has 2 heteroatoms. The molecule has 0 saturated carbocycles. The molecule has 1 nitrogen and oxygen atoms in total. The summed E-state index contributed by atoms with van der Waals surface area (Å²) in [4.78, 5) is 0. The Morgan fingerprint density at radius 2 is 1.81 bits per heavy atom. The zero-order chi connectivity index (χ0) is 11.2. The summed E-state index contributed by atoms with van der Waals surface area (Å²) in [6.45, 7) is 0.727. The number of nitrogens with one attached hydrogen (secondary N) is 1. The highest BCUT2D eigenvalue weighted by atomic mass is 19.1. The monoisotopic (exact) mass is 214 g/mol. The van der Waals surface area contributed by atoms with Crippen molar-refractivity contribution in [2.24, 2.45) is 0 Å². The first-order valence-corrected chi connectivity index (χ1v) is 5.29. The van der Waals surface area contributed by atoms with E-state index in [-0.39, 0.29) is 5.82 Å². The van der Waals surface area contributed by atoms with Crippen LogP contribution in [-0.4, -0.2) is 6.54 Å². The predicted molar refractivity (Wildman–Crippen MR) is 63.9 cm³/mol. The van der Waals surface area contributed by atoms with Gasteiger partial charge in [0.1, 0.15) is 5.82 Å². The van der Waals surface area contributed by atoms with E-state index in [9.17, 15) is 4.39 Å². The van der Waals surface area contributed by atoms with E-state index in [2.05, 4.69) is 11.4 Å². The van der Waals surface area contributed by atoms with Gasteiger partial charge in [-0.1, -0.05) is 30.3 Å². The molecule has 1 radical (unpaired) electrons. The maximum absolute atomic E-state index is 13.3. The third-order valence-electron chi connectivity index (χ3n) is 2.40. The van der Waals surface area contributed by atoms with Gasteiger partial charge in [0.25, 0.3) is 0 Å². The van der Waals surface area contributed by atoms with E-state index in [0.29, 0.717) is 6.42 Å². The van der Waals surface area contributed by atoms with Crippen molar-refractivity contribution in [2.45, 2.75) is 6.42 Å². The molecular formula is C14H13FN. The van der Waals surface area contributed by atoms with E-state index >= 15 is 0 Å². The van der Waals surface area contributed by atoms with Crippen LogP contribution in [0.2, 0.25) is 0 Å². The molecule has 1 N–H and O–H groups in total. The fourth-order valence-electron chi connectivity index (χ4n) is 1.55. The highest BCUT2D eigenvalue weighted by Gasteiger charge is 1.99. The molecule has 81 valence electrons. The van der Waals surface area contributed by atoms with E-state index in [4.69, 9.17) is 0 Å². The number of hydrogen-bond acceptors (Lipinski definition) is 1. The molecule has 0 fully saturated rings. The van der Waals surface area contributed by atoms with Crippen LogP contribution >= 0.6 is 0 Å². The van der Waals surface area contributed by atoms with E-state index in [1.54, 1.807) is 6.07 Å². The molecule has 0 aromatic heterocycles. The molecule has 0 atom stereocenters. The minimum Gasteiger partial charge on any atom is -0.385 e. The minimum atomic E-state index is -0.134. The van der Waals surface area contributed by atoms with Crippen molar-refractivity contribution in [2.75, 3.05) is 11.9 Å². The fourth-order valence-corrected chi connectivity index (χ4v) is 1.55. The standard InChI is InChI=1S/C14H13FN/c15-14-9-5-4-6-12(14)10-11-16-13-7-2-1-3-8-13/h2-9,16H,10-11H2. The summed E-state index contributed by atoms with van der Waals surface area (Å²) >= 11 is 0. The van der Waals surface area contributed by atoms with Gasteiger partial charge < -0.3 is 5.32 Å². The summed E-state index contributed by atoms with van der Waals surface area (Å²) in [5.74, 6) is -0.134. The summed E-state index contributed by atoms with van der Waals surface area (Å²) in [7, 11) is 0. The van der Waals surface area contributed by atoms with Gasteiger partial charge in [-0.15, -0.1) is 0 Å². The number of rotatable bonds is 4. The van der Waals surface area contributed by atoms with Gasteiger partial charge in [0.05, 0.1) is 0 Å². The normalized spacial score (nSPS) is 10.1. The number of benzene rings is 2. The van der Waals surface area contributed by atoms with Gasteiger partial charge in [-0.3, -0.25) is 0 Å². The third kappa shape index (κ3) is 2.83. The zero-order valence-corrected chi connectivity index (χ0v) is 8.91. The molecule has 2 rings (SSSR count). The highest BCUT2D eigenvalue weighted by Crippen LogP contribution is 2.08. The molecule has 2 aromatic carbocycles. The van der Waals surface area contributed by atoms with Crippen molar-refractivity contribution in [3.8, 4) is 0 Å². The Morgan fingerprint density at radius 1 is 1.06 bits per heavy atom. The number of halogens is 1. The highest BCUT2D eigenvalue weighted by molar-refractivity contribution is 5.42. The van der Waals surface area contributed by atoms with Crippen LogP contribution in [0.4, 0.5) is 10.1 Å². The Balaban J connectivity index is 1.87. The summed E-state index contributed by atoms with van der Waals surface area (Å²) in [6.07, 6.45) is 0.686. The summed E-state index contributed by atoms with van der Waals surface area (Å²) in [6, 6.07) is 17.4. The van der Waals surface area contributed by atoms with Crippen molar-refractivity contribution in [3.05, 3.63) is 66.0 Å². The maximum atomic E-state index is 13.3. The van der Waals surface area contributed by atoms with Crippen molar-refractivity contribution in [1.82, 2.24) is 0 Å². The molecule has 2 aromatic rings. The van der Waals surface area contributed by atoms with Crippen LogP contribution in [0, 0.1) is 11.9 Å². The lowest BCUT2D eigenvalue weighted by atomic mass is 10.1. The first-order valence-electron chi connectivity index (χ1n) is 5.29. The second kappa shape index (κ2) is 5.31. The van der Waals surface area contributed by atoms with E-state index in [1.807, 2.05) is 36.4 Å². The lowest BCUT2D eigenvalue weighted by Gasteiger charge is -2.06. The average molecular weight is 214 g/mol. The molecule has 0 bridgehead atoms. The lowest BCUT2D eigenvalue weighted by Crippen LogP contribution is -2.05. The van der Waals surface area contributed by atoms with Crippen LogP contribution in [0.15, 0.2) is 48.5 Å². The largest absolute Gasteiger partial charge is 0.385 e. The van der Waals surface area contributed by atoms with Crippen molar-refractivity contribution >= 4 is 5.69 Å². The molecular weight excluding hydrogens is 201 g/mol. The molecule has 0 spiro atoms. The second-order valence-electron chi connectivity index (χ2n) is 3.56. The first kappa shape index (κ1) is 10.7. The Morgan fingerprint density at radius 3 is 2.56 bits per heavy atom. The van der Waals surface area contributed by atoms with Gasteiger partial charge in [-0.2, -0.15) is 0 Å². The van der Waals surface area contributed by atoms with Crippen LogP contribution < -0.4 is 5.32 Å². The molecule has 0 aliphatic heterocycles. The lowest BCUT2D eigenvalue weighted by molar-refractivity contribution is 0.610. The smallest absolute Gasteiger partial charge is 0.126 e. The quantitative estimate of drug-likeness (QED) is 0.823.